The molecule has 1 saturated carbocycles. The number of benzene rings is 1. The van der Waals surface area contributed by atoms with Gasteiger partial charge in [0.15, 0.2) is 0 Å². The molecule has 1 saturated heterocycles. The lowest BCUT2D eigenvalue weighted by molar-refractivity contribution is -0.384. The third-order valence-corrected chi connectivity index (χ3v) is 4.47. The molecule has 0 bridgehead atoms. The lowest BCUT2D eigenvalue weighted by Crippen LogP contribution is -2.50. The van der Waals surface area contributed by atoms with Crippen molar-refractivity contribution in [3.8, 4) is 0 Å². The van der Waals surface area contributed by atoms with Gasteiger partial charge in [-0.15, -0.1) is 0 Å². The molecule has 0 aromatic heterocycles. The van der Waals surface area contributed by atoms with Crippen LogP contribution in [0.2, 0.25) is 0 Å². The largest absolute Gasteiger partial charge is 0.377 e. The molecule has 0 radical (unpaired) electrons. The zero-order chi connectivity index (χ0) is 17.3. The van der Waals surface area contributed by atoms with Crippen molar-refractivity contribution in [2.75, 3.05) is 11.9 Å². The van der Waals surface area contributed by atoms with Crippen LogP contribution >= 0.6 is 0 Å². The number of likely N-dealkylation sites (tertiary alicyclic amines) is 1. The van der Waals surface area contributed by atoms with Gasteiger partial charge >= 0.3 is 0 Å². The van der Waals surface area contributed by atoms with Gasteiger partial charge in [-0.05, 0) is 44.2 Å². The summed E-state index contributed by atoms with van der Waals surface area (Å²) >= 11 is 0. The van der Waals surface area contributed by atoms with Gasteiger partial charge in [0.2, 0.25) is 5.91 Å². The fourth-order valence-corrected chi connectivity index (χ4v) is 3.02. The maximum absolute atomic E-state index is 12.7. The summed E-state index contributed by atoms with van der Waals surface area (Å²) in [6, 6.07) is 4.03. The number of nitro benzene ring substituents is 1. The van der Waals surface area contributed by atoms with E-state index in [0.717, 1.165) is 25.7 Å². The average Bonchev–Trinajstić information content (AvgIpc) is 3.38. The maximum Gasteiger partial charge on any atom is 0.293 e. The van der Waals surface area contributed by atoms with Crippen molar-refractivity contribution in [3.63, 3.8) is 0 Å². The standard InChI is InChI=1S/C16H20N4O4/c17-15(21)13-3-1-2-8-19(13)16(22)10-4-7-12(18-11-5-6-11)14(9-10)20(23)24/h4,7,9,11,13,18H,1-3,5-6,8H2,(H2,17,21). The van der Waals surface area contributed by atoms with Crippen LogP contribution in [-0.4, -0.2) is 40.3 Å². The Morgan fingerprint density at radius 1 is 1.25 bits per heavy atom. The first-order valence-electron chi connectivity index (χ1n) is 8.12. The molecule has 1 atom stereocenters. The molecule has 1 aliphatic heterocycles. The summed E-state index contributed by atoms with van der Waals surface area (Å²) in [5.74, 6) is -0.927. The predicted molar refractivity (Wildman–Crippen MR) is 87.6 cm³/mol. The minimum Gasteiger partial charge on any atom is -0.377 e. The molecule has 128 valence electrons. The van der Waals surface area contributed by atoms with Gasteiger partial charge in [-0.3, -0.25) is 19.7 Å². The summed E-state index contributed by atoms with van der Waals surface area (Å²) in [6.45, 7) is 0.433. The number of amides is 2. The van der Waals surface area contributed by atoms with Crippen LogP contribution in [-0.2, 0) is 4.79 Å². The number of hydrogen-bond acceptors (Lipinski definition) is 5. The fraction of sp³-hybridized carbons (Fsp3) is 0.500. The van der Waals surface area contributed by atoms with Crippen molar-refractivity contribution in [2.24, 2.45) is 5.73 Å². The van der Waals surface area contributed by atoms with Gasteiger partial charge in [-0.2, -0.15) is 0 Å². The van der Waals surface area contributed by atoms with Gasteiger partial charge in [-0.25, -0.2) is 0 Å². The Morgan fingerprint density at radius 2 is 2.00 bits per heavy atom. The summed E-state index contributed by atoms with van der Waals surface area (Å²) in [6.07, 6.45) is 4.14. The minimum atomic E-state index is -0.644. The Bertz CT molecular complexity index is 687. The average molecular weight is 332 g/mol. The van der Waals surface area contributed by atoms with E-state index in [0.29, 0.717) is 18.7 Å². The molecule has 1 aromatic carbocycles. The van der Waals surface area contributed by atoms with E-state index < -0.39 is 16.9 Å². The SMILES string of the molecule is NC(=O)C1CCCCN1C(=O)c1ccc(NC2CC2)c([N+](=O)[O-])c1. The van der Waals surface area contributed by atoms with Crippen LogP contribution in [0.4, 0.5) is 11.4 Å². The van der Waals surface area contributed by atoms with E-state index in [2.05, 4.69) is 5.32 Å². The Hall–Kier alpha value is -2.64. The zero-order valence-corrected chi connectivity index (χ0v) is 13.2. The number of nitro groups is 1. The topological polar surface area (TPSA) is 119 Å². The number of nitrogens with one attached hydrogen (secondary N) is 1. The molecule has 3 rings (SSSR count). The molecule has 2 aliphatic rings. The van der Waals surface area contributed by atoms with Crippen molar-refractivity contribution in [2.45, 2.75) is 44.2 Å². The van der Waals surface area contributed by atoms with Crippen LogP contribution in [0.15, 0.2) is 18.2 Å². The molecule has 2 fully saturated rings. The first-order valence-corrected chi connectivity index (χ1v) is 8.12. The second-order valence-corrected chi connectivity index (χ2v) is 6.32. The molecule has 3 N–H and O–H groups in total. The van der Waals surface area contributed by atoms with E-state index in [1.165, 1.54) is 11.0 Å². The van der Waals surface area contributed by atoms with Crippen molar-refractivity contribution in [3.05, 3.63) is 33.9 Å². The first kappa shape index (κ1) is 16.2. The second-order valence-electron chi connectivity index (χ2n) is 6.32. The quantitative estimate of drug-likeness (QED) is 0.628. The molecule has 1 aromatic rings. The van der Waals surface area contributed by atoms with Gasteiger partial charge in [0.25, 0.3) is 11.6 Å². The smallest absolute Gasteiger partial charge is 0.293 e. The molecule has 8 nitrogen and oxygen atoms in total. The highest BCUT2D eigenvalue weighted by molar-refractivity contribution is 5.98. The Morgan fingerprint density at radius 3 is 2.62 bits per heavy atom. The van der Waals surface area contributed by atoms with Gasteiger partial charge in [0.05, 0.1) is 4.92 Å². The molecular formula is C16H20N4O4. The number of hydrogen-bond donors (Lipinski definition) is 2. The number of carbonyl (C=O) groups is 2. The first-order chi connectivity index (χ1) is 11.5. The minimum absolute atomic E-state index is 0.125. The van der Waals surface area contributed by atoms with Crippen molar-refractivity contribution < 1.29 is 14.5 Å². The van der Waals surface area contributed by atoms with Gasteiger partial charge < -0.3 is 16.0 Å². The molecule has 1 aliphatic carbocycles. The van der Waals surface area contributed by atoms with E-state index in [1.807, 2.05) is 0 Å². The van der Waals surface area contributed by atoms with Crippen molar-refractivity contribution in [1.82, 2.24) is 4.90 Å². The summed E-state index contributed by atoms with van der Waals surface area (Å²) < 4.78 is 0. The van der Waals surface area contributed by atoms with Gasteiger partial charge in [0, 0.05) is 24.2 Å². The molecule has 2 amide bonds. The van der Waals surface area contributed by atoms with E-state index in [9.17, 15) is 19.7 Å². The third-order valence-electron chi connectivity index (χ3n) is 4.47. The monoisotopic (exact) mass is 332 g/mol. The van der Waals surface area contributed by atoms with E-state index in [-0.39, 0.29) is 23.2 Å². The summed E-state index contributed by atoms with van der Waals surface area (Å²) in [5.41, 5.74) is 5.89. The molecular weight excluding hydrogens is 312 g/mol. The highest BCUT2D eigenvalue weighted by Crippen LogP contribution is 2.32. The van der Waals surface area contributed by atoms with Crippen molar-refractivity contribution >= 4 is 23.2 Å². The maximum atomic E-state index is 12.7. The predicted octanol–water partition coefficient (Wildman–Crippen LogP) is 1.65. The third kappa shape index (κ3) is 3.32. The van der Waals surface area contributed by atoms with E-state index in [4.69, 9.17) is 5.73 Å². The van der Waals surface area contributed by atoms with Gasteiger partial charge in [-0.1, -0.05) is 0 Å². The summed E-state index contributed by atoms with van der Waals surface area (Å²) in [7, 11) is 0. The normalized spacial score (nSPS) is 20.5. The molecule has 24 heavy (non-hydrogen) atoms. The number of piperidine rings is 1. The number of carbonyl (C=O) groups excluding carboxylic acids is 2. The number of anilines is 1. The van der Waals surface area contributed by atoms with Crippen LogP contribution in [0.5, 0.6) is 0 Å². The Labute approximate surface area is 139 Å². The van der Waals surface area contributed by atoms with Crippen LogP contribution in [0.3, 0.4) is 0 Å². The fourth-order valence-electron chi connectivity index (χ4n) is 3.02. The lowest BCUT2D eigenvalue weighted by Gasteiger charge is -2.33. The highest BCUT2D eigenvalue weighted by Gasteiger charge is 2.32. The van der Waals surface area contributed by atoms with Crippen LogP contribution in [0.1, 0.15) is 42.5 Å². The molecule has 1 heterocycles. The summed E-state index contributed by atoms with van der Waals surface area (Å²) in [4.78, 5) is 36.5. The second kappa shape index (κ2) is 6.46. The lowest BCUT2D eigenvalue weighted by atomic mass is 10.00. The Balaban J connectivity index is 1.87. The number of rotatable bonds is 5. The molecule has 1 unspecified atom stereocenters. The van der Waals surface area contributed by atoms with Crippen LogP contribution < -0.4 is 11.1 Å². The Kier molecular flexibility index (Phi) is 4.37. The summed E-state index contributed by atoms with van der Waals surface area (Å²) in [5, 5.41) is 14.4. The van der Waals surface area contributed by atoms with E-state index in [1.54, 1.807) is 12.1 Å². The molecule has 0 spiro atoms. The van der Waals surface area contributed by atoms with Crippen LogP contribution in [0.25, 0.3) is 0 Å². The number of primary amides is 1. The molecule has 8 heteroatoms. The van der Waals surface area contributed by atoms with Gasteiger partial charge in [0.1, 0.15) is 11.7 Å². The highest BCUT2D eigenvalue weighted by atomic mass is 16.6. The van der Waals surface area contributed by atoms with Crippen LogP contribution in [0, 0.1) is 10.1 Å². The zero-order valence-electron chi connectivity index (χ0n) is 13.2. The van der Waals surface area contributed by atoms with Crippen molar-refractivity contribution in [1.29, 1.82) is 0 Å². The number of nitrogens with zero attached hydrogens (tertiary/aromatic N) is 2. The number of nitrogens with two attached hydrogens (primary N) is 1. The van der Waals surface area contributed by atoms with E-state index >= 15 is 0 Å².